The Kier molecular flexibility index (Phi) is 3.58. The van der Waals surface area contributed by atoms with Crippen LogP contribution in [-0.4, -0.2) is 19.7 Å². The van der Waals surface area contributed by atoms with Gasteiger partial charge in [-0.1, -0.05) is 11.8 Å². The number of rotatable bonds is 3. The van der Waals surface area contributed by atoms with Crippen molar-refractivity contribution in [1.29, 1.82) is 0 Å². The largest absolute Gasteiger partial charge is 0.397 e. The fourth-order valence-electron chi connectivity index (χ4n) is 1.36. The van der Waals surface area contributed by atoms with Crippen molar-refractivity contribution in [3.63, 3.8) is 0 Å². The van der Waals surface area contributed by atoms with Crippen LogP contribution in [0.4, 0.5) is 5.69 Å². The van der Waals surface area contributed by atoms with Gasteiger partial charge in [0.05, 0.1) is 10.6 Å². The predicted molar refractivity (Wildman–Crippen MR) is 72.3 cm³/mol. The highest BCUT2D eigenvalue weighted by Gasteiger charge is 2.07. The molecule has 0 aliphatic rings. The lowest BCUT2D eigenvalue weighted by molar-refractivity contribution is 0.602. The van der Waals surface area contributed by atoms with Crippen LogP contribution in [0.25, 0.3) is 0 Å². The van der Waals surface area contributed by atoms with E-state index in [1.165, 1.54) is 18.0 Å². The number of aromatic nitrogens is 1. The lowest BCUT2D eigenvalue weighted by Gasteiger charge is -2.04. The van der Waals surface area contributed by atoms with Crippen LogP contribution >= 0.6 is 11.8 Å². The van der Waals surface area contributed by atoms with E-state index in [0.717, 1.165) is 4.90 Å². The highest BCUT2D eigenvalue weighted by Crippen LogP contribution is 2.30. The Hall–Kier alpha value is -1.53. The number of sulfone groups is 1. The zero-order valence-corrected chi connectivity index (χ0v) is 11.3. The Morgan fingerprint density at radius 2 is 1.83 bits per heavy atom. The van der Waals surface area contributed by atoms with E-state index in [1.54, 1.807) is 42.6 Å². The van der Waals surface area contributed by atoms with Crippen LogP contribution in [0, 0.1) is 0 Å². The minimum absolute atomic E-state index is 0.306. The van der Waals surface area contributed by atoms with Gasteiger partial charge in [-0.2, -0.15) is 0 Å². The molecule has 0 saturated heterocycles. The van der Waals surface area contributed by atoms with Gasteiger partial charge in [-0.15, -0.1) is 0 Å². The Labute approximate surface area is 110 Å². The van der Waals surface area contributed by atoms with E-state index in [0.29, 0.717) is 15.6 Å². The standard InChI is InChI=1S/C12H12N2O2S2/c1-18(15,16)10-6-4-9(5-7-10)17-12-11(13)3-2-8-14-12/h2-8H,13H2,1H3. The highest BCUT2D eigenvalue weighted by atomic mass is 32.2. The average molecular weight is 280 g/mol. The van der Waals surface area contributed by atoms with Crippen LogP contribution in [0.3, 0.4) is 0 Å². The van der Waals surface area contributed by atoms with E-state index in [4.69, 9.17) is 5.73 Å². The molecule has 0 aliphatic carbocycles. The van der Waals surface area contributed by atoms with Crippen LogP contribution in [0.5, 0.6) is 0 Å². The average Bonchev–Trinajstić information content (AvgIpc) is 2.32. The SMILES string of the molecule is CS(=O)(=O)c1ccc(Sc2ncccc2N)cc1. The molecular weight excluding hydrogens is 268 g/mol. The van der Waals surface area contributed by atoms with Crippen molar-refractivity contribution in [2.75, 3.05) is 12.0 Å². The number of benzene rings is 1. The highest BCUT2D eigenvalue weighted by molar-refractivity contribution is 7.99. The molecule has 1 aromatic heterocycles. The third kappa shape index (κ3) is 3.02. The molecule has 4 nitrogen and oxygen atoms in total. The summed E-state index contributed by atoms with van der Waals surface area (Å²) in [5.74, 6) is 0. The van der Waals surface area contributed by atoms with E-state index < -0.39 is 9.84 Å². The van der Waals surface area contributed by atoms with Crippen LogP contribution < -0.4 is 5.73 Å². The minimum atomic E-state index is -3.15. The second kappa shape index (κ2) is 4.99. The Morgan fingerprint density at radius 1 is 1.17 bits per heavy atom. The fraction of sp³-hybridized carbons (Fsp3) is 0.0833. The molecule has 0 atom stereocenters. The second-order valence-corrected chi connectivity index (χ2v) is 6.82. The summed E-state index contributed by atoms with van der Waals surface area (Å²) in [6.45, 7) is 0. The van der Waals surface area contributed by atoms with Crippen molar-refractivity contribution >= 4 is 27.3 Å². The summed E-state index contributed by atoms with van der Waals surface area (Å²) in [5.41, 5.74) is 6.39. The van der Waals surface area contributed by atoms with Crippen molar-refractivity contribution in [3.8, 4) is 0 Å². The summed E-state index contributed by atoms with van der Waals surface area (Å²) in [7, 11) is -3.15. The zero-order chi connectivity index (χ0) is 13.2. The lowest BCUT2D eigenvalue weighted by atomic mass is 10.4. The molecule has 0 amide bonds. The molecular formula is C12H12N2O2S2. The first-order valence-corrected chi connectivity index (χ1v) is 7.86. The minimum Gasteiger partial charge on any atom is -0.397 e. The zero-order valence-electron chi connectivity index (χ0n) is 9.70. The molecule has 18 heavy (non-hydrogen) atoms. The molecule has 0 bridgehead atoms. The third-order valence-corrected chi connectivity index (χ3v) is 4.44. The molecule has 1 aromatic carbocycles. The second-order valence-electron chi connectivity index (χ2n) is 3.74. The van der Waals surface area contributed by atoms with Gasteiger partial charge < -0.3 is 5.73 Å². The molecule has 2 rings (SSSR count). The maximum absolute atomic E-state index is 11.3. The Morgan fingerprint density at radius 3 is 2.39 bits per heavy atom. The van der Waals surface area contributed by atoms with Gasteiger partial charge in [0, 0.05) is 17.3 Å². The van der Waals surface area contributed by atoms with Gasteiger partial charge in [0.25, 0.3) is 0 Å². The predicted octanol–water partition coefficient (Wildman–Crippen LogP) is 2.22. The molecule has 0 fully saturated rings. The summed E-state index contributed by atoms with van der Waals surface area (Å²) in [6, 6.07) is 10.2. The number of nitrogens with zero attached hydrogens (tertiary/aromatic N) is 1. The molecule has 2 N–H and O–H groups in total. The quantitative estimate of drug-likeness (QED) is 0.933. The van der Waals surface area contributed by atoms with E-state index in [1.807, 2.05) is 0 Å². The van der Waals surface area contributed by atoms with E-state index in [-0.39, 0.29) is 0 Å². The number of anilines is 1. The lowest BCUT2D eigenvalue weighted by Crippen LogP contribution is -1.96. The van der Waals surface area contributed by atoms with Crippen molar-refractivity contribution in [3.05, 3.63) is 42.6 Å². The normalized spacial score (nSPS) is 11.4. The van der Waals surface area contributed by atoms with Crippen LogP contribution in [0.1, 0.15) is 0 Å². The van der Waals surface area contributed by atoms with Crippen molar-refractivity contribution in [2.45, 2.75) is 14.8 Å². The number of hydrogen-bond acceptors (Lipinski definition) is 5. The van der Waals surface area contributed by atoms with E-state index >= 15 is 0 Å². The Balaban J connectivity index is 2.24. The molecule has 1 heterocycles. The smallest absolute Gasteiger partial charge is 0.175 e. The molecule has 6 heteroatoms. The van der Waals surface area contributed by atoms with Gasteiger partial charge in [0.15, 0.2) is 9.84 Å². The maximum atomic E-state index is 11.3. The summed E-state index contributed by atoms with van der Waals surface area (Å²) >= 11 is 1.40. The summed E-state index contributed by atoms with van der Waals surface area (Å²) in [4.78, 5) is 5.37. The van der Waals surface area contributed by atoms with Gasteiger partial charge in [0.2, 0.25) is 0 Å². The van der Waals surface area contributed by atoms with Crippen molar-refractivity contribution < 1.29 is 8.42 Å². The molecule has 2 aromatic rings. The summed E-state index contributed by atoms with van der Waals surface area (Å²) in [5, 5.41) is 0.713. The van der Waals surface area contributed by atoms with Gasteiger partial charge in [0.1, 0.15) is 5.03 Å². The van der Waals surface area contributed by atoms with E-state index in [9.17, 15) is 8.42 Å². The number of pyridine rings is 1. The maximum Gasteiger partial charge on any atom is 0.175 e. The molecule has 94 valence electrons. The first-order chi connectivity index (χ1) is 8.47. The van der Waals surface area contributed by atoms with E-state index in [2.05, 4.69) is 4.98 Å². The van der Waals surface area contributed by atoms with Crippen LogP contribution in [0.2, 0.25) is 0 Å². The number of nitrogen functional groups attached to an aromatic ring is 1. The van der Waals surface area contributed by atoms with Gasteiger partial charge in [-0.05, 0) is 36.4 Å². The monoisotopic (exact) mass is 280 g/mol. The molecule has 0 saturated carbocycles. The molecule has 0 spiro atoms. The molecule has 0 aliphatic heterocycles. The first kappa shape index (κ1) is 12.9. The first-order valence-electron chi connectivity index (χ1n) is 5.15. The Bertz CT molecular complexity index is 652. The topological polar surface area (TPSA) is 73.0 Å². The van der Waals surface area contributed by atoms with Gasteiger partial charge in [-0.25, -0.2) is 13.4 Å². The molecule has 0 radical (unpaired) electrons. The molecule has 0 unspecified atom stereocenters. The van der Waals surface area contributed by atoms with Crippen molar-refractivity contribution in [2.24, 2.45) is 0 Å². The number of hydrogen-bond donors (Lipinski definition) is 1. The van der Waals surface area contributed by atoms with Crippen LogP contribution in [0.15, 0.2) is 57.4 Å². The van der Waals surface area contributed by atoms with Crippen LogP contribution in [-0.2, 0) is 9.84 Å². The van der Waals surface area contributed by atoms with Gasteiger partial charge >= 0.3 is 0 Å². The third-order valence-electron chi connectivity index (χ3n) is 2.27. The van der Waals surface area contributed by atoms with Crippen molar-refractivity contribution in [1.82, 2.24) is 4.98 Å². The number of nitrogens with two attached hydrogens (primary N) is 1. The summed E-state index contributed by atoms with van der Waals surface area (Å²) < 4.78 is 22.6. The summed E-state index contributed by atoms with van der Waals surface area (Å²) in [6.07, 6.45) is 2.86. The van der Waals surface area contributed by atoms with Gasteiger partial charge in [-0.3, -0.25) is 0 Å². The fourth-order valence-corrected chi connectivity index (χ4v) is 2.78.